The lowest BCUT2D eigenvalue weighted by Crippen LogP contribution is -2.33. The Balaban J connectivity index is 1.58. The lowest BCUT2D eigenvalue weighted by Gasteiger charge is -2.20. The number of amides is 3. The van der Waals surface area contributed by atoms with Gasteiger partial charge < -0.3 is 15.5 Å². The zero-order chi connectivity index (χ0) is 19.4. The topological polar surface area (TPSA) is 91.4 Å². The fourth-order valence-corrected chi connectivity index (χ4v) is 3.00. The van der Waals surface area contributed by atoms with Gasteiger partial charge in [-0.3, -0.25) is 19.4 Å². The third-order valence-electron chi connectivity index (χ3n) is 4.49. The van der Waals surface area contributed by atoms with Gasteiger partial charge in [0.2, 0.25) is 11.8 Å². The summed E-state index contributed by atoms with van der Waals surface area (Å²) >= 11 is 0. The molecule has 3 rings (SSSR count). The molecule has 2 aromatic rings. The minimum Gasteiger partial charge on any atom is -0.339 e. The van der Waals surface area contributed by atoms with E-state index < -0.39 is 0 Å². The number of carbonyl (C=O) groups is 3. The number of nitrogens with zero attached hydrogens (tertiary/aromatic N) is 2. The fourth-order valence-electron chi connectivity index (χ4n) is 3.00. The van der Waals surface area contributed by atoms with Crippen LogP contribution < -0.4 is 10.6 Å². The van der Waals surface area contributed by atoms with E-state index in [0.717, 1.165) is 0 Å². The van der Waals surface area contributed by atoms with Crippen molar-refractivity contribution in [1.29, 1.82) is 0 Å². The largest absolute Gasteiger partial charge is 0.339 e. The molecule has 0 saturated carbocycles. The van der Waals surface area contributed by atoms with Crippen molar-refractivity contribution in [3.8, 4) is 0 Å². The Morgan fingerprint density at radius 3 is 2.44 bits per heavy atom. The molecule has 7 heteroatoms. The quantitative estimate of drug-likeness (QED) is 0.851. The summed E-state index contributed by atoms with van der Waals surface area (Å²) in [6, 6.07) is 10.2. The van der Waals surface area contributed by atoms with Crippen molar-refractivity contribution in [2.45, 2.75) is 26.3 Å². The van der Waals surface area contributed by atoms with E-state index >= 15 is 0 Å². The molecule has 1 aliphatic heterocycles. The summed E-state index contributed by atoms with van der Waals surface area (Å²) in [5.74, 6) is -0.782. The number of benzene rings is 1. The van der Waals surface area contributed by atoms with E-state index in [2.05, 4.69) is 15.6 Å². The highest BCUT2D eigenvalue weighted by Crippen LogP contribution is 2.22. The zero-order valence-corrected chi connectivity index (χ0v) is 15.3. The van der Waals surface area contributed by atoms with Gasteiger partial charge in [-0.05, 0) is 50.2 Å². The van der Waals surface area contributed by atoms with Gasteiger partial charge in [0.15, 0.2) is 0 Å². The summed E-state index contributed by atoms with van der Waals surface area (Å²) in [5, 5.41) is 5.57. The molecule has 1 saturated heterocycles. The molecule has 7 nitrogen and oxygen atoms in total. The summed E-state index contributed by atoms with van der Waals surface area (Å²) in [7, 11) is 0. The first-order chi connectivity index (χ1) is 12.9. The van der Waals surface area contributed by atoms with E-state index in [1.807, 2.05) is 13.8 Å². The molecule has 1 aromatic heterocycles. The first-order valence-corrected chi connectivity index (χ1v) is 8.86. The molecule has 1 fully saturated rings. The highest BCUT2D eigenvalue weighted by Gasteiger charge is 2.35. The molecule has 0 radical (unpaired) electrons. The van der Waals surface area contributed by atoms with Gasteiger partial charge in [-0.2, -0.15) is 0 Å². The van der Waals surface area contributed by atoms with Gasteiger partial charge in [0.1, 0.15) is 0 Å². The number of rotatable bonds is 5. The zero-order valence-electron chi connectivity index (χ0n) is 15.3. The first kappa shape index (κ1) is 18.6. The van der Waals surface area contributed by atoms with Crippen LogP contribution in [0.25, 0.3) is 0 Å². The third kappa shape index (κ3) is 4.49. The van der Waals surface area contributed by atoms with Gasteiger partial charge in [0.05, 0.1) is 17.8 Å². The van der Waals surface area contributed by atoms with E-state index in [1.165, 1.54) is 0 Å². The second kappa shape index (κ2) is 7.99. The number of anilines is 2. The summed E-state index contributed by atoms with van der Waals surface area (Å²) in [6.07, 6.45) is 3.43. The molecule has 0 aliphatic carbocycles. The summed E-state index contributed by atoms with van der Waals surface area (Å²) in [4.78, 5) is 42.3. The first-order valence-electron chi connectivity index (χ1n) is 8.86. The predicted octanol–water partition coefficient (Wildman–Crippen LogP) is 2.53. The van der Waals surface area contributed by atoms with Crippen molar-refractivity contribution >= 4 is 29.1 Å². The SMILES string of the molecule is CC(C)N1C[C@@H](C(=O)Nc2ccc(C(=O)Nc3cccnc3)cc2)CC1=O. The van der Waals surface area contributed by atoms with Crippen LogP contribution in [0.1, 0.15) is 30.6 Å². The molecule has 2 heterocycles. The van der Waals surface area contributed by atoms with Gasteiger partial charge in [0, 0.05) is 36.5 Å². The standard InChI is InChI=1S/C20H22N4O3/c1-13(2)24-12-15(10-18(24)25)20(27)22-16-7-5-14(6-8-16)19(26)23-17-4-3-9-21-11-17/h3-9,11,13,15H,10,12H2,1-2H3,(H,22,27)(H,23,26)/t15-/m0/s1. The van der Waals surface area contributed by atoms with Gasteiger partial charge >= 0.3 is 0 Å². The Labute approximate surface area is 157 Å². The molecule has 0 spiro atoms. The third-order valence-corrected chi connectivity index (χ3v) is 4.49. The molecule has 1 atom stereocenters. The highest BCUT2D eigenvalue weighted by atomic mass is 16.2. The van der Waals surface area contributed by atoms with E-state index in [4.69, 9.17) is 0 Å². The molecule has 0 unspecified atom stereocenters. The van der Waals surface area contributed by atoms with Gasteiger partial charge in [-0.1, -0.05) is 0 Å². The fraction of sp³-hybridized carbons (Fsp3) is 0.300. The highest BCUT2D eigenvalue weighted by molar-refractivity contribution is 6.04. The molecule has 2 N–H and O–H groups in total. The molecule has 1 aromatic carbocycles. The normalized spacial score (nSPS) is 16.5. The maximum absolute atomic E-state index is 12.4. The number of hydrogen-bond acceptors (Lipinski definition) is 4. The van der Waals surface area contributed by atoms with Crippen LogP contribution in [0.4, 0.5) is 11.4 Å². The average Bonchev–Trinajstić information content (AvgIpc) is 3.05. The Hall–Kier alpha value is -3.22. The van der Waals surface area contributed by atoms with Crippen molar-refractivity contribution in [1.82, 2.24) is 9.88 Å². The summed E-state index contributed by atoms with van der Waals surface area (Å²) in [6.45, 7) is 4.31. The lowest BCUT2D eigenvalue weighted by atomic mass is 10.1. The molecular formula is C20H22N4O3. The van der Waals surface area contributed by atoms with Crippen LogP contribution in [-0.2, 0) is 9.59 Å². The molecular weight excluding hydrogens is 344 g/mol. The van der Waals surface area contributed by atoms with Gasteiger partial charge in [-0.25, -0.2) is 0 Å². The van der Waals surface area contributed by atoms with E-state index in [-0.39, 0.29) is 36.1 Å². The van der Waals surface area contributed by atoms with Crippen molar-refractivity contribution in [3.05, 3.63) is 54.4 Å². The number of carbonyl (C=O) groups excluding carboxylic acids is 3. The van der Waals surface area contributed by atoms with Crippen LogP contribution >= 0.6 is 0 Å². The smallest absolute Gasteiger partial charge is 0.255 e. The van der Waals surface area contributed by atoms with Crippen LogP contribution in [-0.4, -0.2) is 40.2 Å². The molecule has 1 aliphatic rings. The number of pyridine rings is 1. The number of nitrogens with one attached hydrogen (secondary N) is 2. The van der Waals surface area contributed by atoms with Crippen molar-refractivity contribution in [2.24, 2.45) is 5.92 Å². The Bertz CT molecular complexity index is 834. The second-order valence-electron chi connectivity index (χ2n) is 6.80. The van der Waals surface area contributed by atoms with Gasteiger partial charge in [0.25, 0.3) is 5.91 Å². The molecule has 3 amide bonds. The maximum atomic E-state index is 12.4. The molecule has 0 bridgehead atoms. The van der Waals surface area contributed by atoms with Crippen LogP contribution in [0.15, 0.2) is 48.8 Å². The molecule has 27 heavy (non-hydrogen) atoms. The van der Waals surface area contributed by atoms with Gasteiger partial charge in [-0.15, -0.1) is 0 Å². The van der Waals surface area contributed by atoms with E-state index in [9.17, 15) is 14.4 Å². The number of aromatic nitrogens is 1. The second-order valence-corrected chi connectivity index (χ2v) is 6.80. The predicted molar refractivity (Wildman–Crippen MR) is 102 cm³/mol. The maximum Gasteiger partial charge on any atom is 0.255 e. The van der Waals surface area contributed by atoms with Crippen molar-refractivity contribution < 1.29 is 14.4 Å². The minimum absolute atomic E-state index is 0.00701. The van der Waals surface area contributed by atoms with Crippen LogP contribution in [0, 0.1) is 5.92 Å². The Morgan fingerprint density at radius 1 is 1.11 bits per heavy atom. The van der Waals surface area contributed by atoms with E-state index in [0.29, 0.717) is 23.5 Å². The van der Waals surface area contributed by atoms with Crippen molar-refractivity contribution in [3.63, 3.8) is 0 Å². The Kier molecular flexibility index (Phi) is 5.49. The lowest BCUT2D eigenvalue weighted by molar-refractivity contribution is -0.129. The summed E-state index contributed by atoms with van der Waals surface area (Å²) < 4.78 is 0. The van der Waals surface area contributed by atoms with Crippen LogP contribution in [0.5, 0.6) is 0 Å². The van der Waals surface area contributed by atoms with Crippen LogP contribution in [0.3, 0.4) is 0 Å². The molecule has 140 valence electrons. The van der Waals surface area contributed by atoms with Crippen LogP contribution in [0.2, 0.25) is 0 Å². The Morgan fingerprint density at radius 2 is 1.85 bits per heavy atom. The summed E-state index contributed by atoms with van der Waals surface area (Å²) in [5.41, 5.74) is 1.67. The number of likely N-dealkylation sites (tertiary alicyclic amines) is 1. The minimum atomic E-state index is -0.353. The van der Waals surface area contributed by atoms with Crippen molar-refractivity contribution in [2.75, 3.05) is 17.2 Å². The number of hydrogen-bond donors (Lipinski definition) is 2. The monoisotopic (exact) mass is 366 g/mol. The average molecular weight is 366 g/mol. The van der Waals surface area contributed by atoms with E-state index in [1.54, 1.807) is 53.7 Å².